The van der Waals surface area contributed by atoms with E-state index in [-0.39, 0.29) is 5.92 Å². The average Bonchev–Trinajstić information content (AvgIpc) is 2.46. The number of allylic oxidation sites excluding steroid dienone is 2. The van der Waals surface area contributed by atoms with Gasteiger partial charge in [-0.1, -0.05) is 78.9 Å². The third-order valence-electron chi connectivity index (χ3n) is 3.06. The first kappa shape index (κ1) is 13.1. The van der Waals surface area contributed by atoms with Crippen LogP contribution in [0.2, 0.25) is 0 Å². The molecule has 1 unspecified atom stereocenters. The molecule has 0 nitrogen and oxygen atoms in total. The Kier molecular flexibility index (Phi) is 4.55. The number of hydrogen-bond acceptors (Lipinski definition) is 0. The fraction of sp³-hybridized carbons (Fsp3) is 0.105. The number of rotatable bonds is 4. The fourth-order valence-electron chi connectivity index (χ4n) is 1.96. The molecule has 2 aromatic rings. The molecule has 0 aliphatic rings. The summed E-state index contributed by atoms with van der Waals surface area (Å²) in [6.45, 7) is 5.78. The third-order valence-corrected chi connectivity index (χ3v) is 3.06. The molecule has 0 radical (unpaired) electrons. The van der Waals surface area contributed by atoms with Gasteiger partial charge in [0.05, 0.1) is 0 Å². The minimum absolute atomic E-state index is 0.221. The van der Waals surface area contributed by atoms with Crippen molar-refractivity contribution in [3.63, 3.8) is 0 Å². The van der Waals surface area contributed by atoms with Gasteiger partial charge in [-0.05, 0) is 24.1 Å². The first-order valence-corrected chi connectivity index (χ1v) is 6.45. The molecule has 0 saturated carbocycles. The Morgan fingerprint density at radius 2 is 1.68 bits per heavy atom. The molecule has 2 aromatic carbocycles. The second kappa shape index (κ2) is 6.58. The monoisotopic (exact) mass is 246 g/mol. The molecule has 0 aliphatic heterocycles. The van der Waals surface area contributed by atoms with Crippen LogP contribution < -0.4 is 0 Å². The topological polar surface area (TPSA) is 0 Å². The van der Waals surface area contributed by atoms with E-state index >= 15 is 0 Å². The van der Waals surface area contributed by atoms with E-state index in [1.165, 1.54) is 16.7 Å². The summed E-state index contributed by atoms with van der Waals surface area (Å²) in [4.78, 5) is 0. The van der Waals surface area contributed by atoms with Gasteiger partial charge in [-0.3, -0.25) is 0 Å². The molecule has 0 aliphatic carbocycles. The lowest BCUT2D eigenvalue weighted by atomic mass is 9.97. The Bertz CT molecular complexity index is 582. The summed E-state index contributed by atoms with van der Waals surface area (Å²) >= 11 is 0. The van der Waals surface area contributed by atoms with Gasteiger partial charge in [0.1, 0.15) is 0 Å². The maximum Gasteiger partial charge on any atom is 0.0277 e. The average molecular weight is 246 g/mol. The molecule has 0 bridgehead atoms. The summed E-state index contributed by atoms with van der Waals surface area (Å²) in [6.07, 6.45) is 6.31. The molecular formula is C19H18. The Balaban J connectivity index is 2.24. The summed E-state index contributed by atoms with van der Waals surface area (Å²) in [6, 6.07) is 18.9. The van der Waals surface area contributed by atoms with E-state index in [2.05, 4.69) is 67.8 Å². The van der Waals surface area contributed by atoms with Crippen molar-refractivity contribution >= 4 is 6.08 Å². The van der Waals surface area contributed by atoms with Crippen molar-refractivity contribution in [3.8, 4) is 0 Å². The highest BCUT2D eigenvalue weighted by Gasteiger charge is 2.03. The summed E-state index contributed by atoms with van der Waals surface area (Å²) in [5, 5.41) is 0. The third kappa shape index (κ3) is 3.84. The van der Waals surface area contributed by atoms with E-state index in [1.54, 1.807) is 0 Å². The van der Waals surface area contributed by atoms with Gasteiger partial charge < -0.3 is 0 Å². The van der Waals surface area contributed by atoms with Crippen molar-refractivity contribution in [2.75, 3.05) is 0 Å². The molecule has 0 fully saturated rings. The van der Waals surface area contributed by atoms with Crippen molar-refractivity contribution in [1.29, 1.82) is 0 Å². The van der Waals surface area contributed by atoms with Crippen LogP contribution in [0.3, 0.4) is 0 Å². The predicted molar refractivity (Wildman–Crippen MR) is 83.1 cm³/mol. The molecule has 0 saturated heterocycles. The molecule has 0 heteroatoms. The van der Waals surface area contributed by atoms with Crippen LogP contribution >= 0.6 is 0 Å². The Labute approximate surface area is 115 Å². The van der Waals surface area contributed by atoms with Crippen LogP contribution in [0, 0.1) is 6.92 Å². The lowest BCUT2D eigenvalue weighted by molar-refractivity contribution is 1.09. The second-order valence-corrected chi connectivity index (χ2v) is 4.58. The zero-order valence-electron chi connectivity index (χ0n) is 11.2. The molecular weight excluding hydrogens is 228 g/mol. The normalized spacial score (nSPS) is 12.1. The smallest absolute Gasteiger partial charge is 0.0277 e. The standard InChI is InChI=1S/C19H18/c1-3-7-18(19-13-10-16(2)11-14-19)15-12-17-8-5-4-6-9-17/h4-15,18H,1H2,2H3. The van der Waals surface area contributed by atoms with Gasteiger partial charge in [-0.25, -0.2) is 0 Å². The Morgan fingerprint density at radius 1 is 1.00 bits per heavy atom. The van der Waals surface area contributed by atoms with Crippen molar-refractivity contribution < 1.29 is 0 Å². The van der Waals surface area contributed by atoms with Crippen molar-refractivity contribution in [2.24, 2.45) is 0 Å². The Hall–Kier alpha value is -2.30. The van der Waals surface area contributed by atoms with Gasteiger partial charge in [0, 0.05) is 5.92 Å². The van der Waals surface area contributed by atoms with Gasteiger partial charge in [0.2, 0.25) is 0 Å². The van der Waals surface area contributed by atoms with Crippen LogP contribution in [0.1, 0.15) is 22.6 Å². The Morgan fingerprint density at radius 3 is 2.32 bits per heavy atom. The minimum Gasteiger partial charge on any atom is -0.132 e. The van der Waals surface area contributed by atoms with Crippen LogP contribution in [-0.2, 0) is 0 Å². The van der Waals surface area contributed by atoms with Crippen LogP contribution in [-0.4, -0.2) is 0 Å². The largest absolute Gasteiger partial charge is 0.132 e. The first-order valence-electron chi connectivity index (χ1n) is 6.45. The molecule has 0 aromatic heterocycles. The fourth-order valence-corrected chi connectivity index (χ4v) is 1.96. The lowest BCUT2D eigenvalue weighted by Crippen LogP contribution is -1.90. The zero-order valence-corrected chi connectivity index (χ0v) is 11.2. The van der Waals surface area contributed by atoms with Crippen LogP contribution in [0.15, 0.2) is 79.1 Å². The molecule has 0 N–H and O–H groups in total. The molecule has 1 atom stereocenters. The highest BCUT2D eigenvalue weighted by Crippen LogP contribution is 2.20. The summed E-state index contributed by atoms with van der Waals surface area (Å²) in [5.74, 6) is 0.221. The van der Waals surface area contributed by atoms with Crippen LogP contribution in [0.5, 0.6) is 0 Å². The maximum atomic E-state index is 3.68. The molecule has 0 spiro atoms. The van der Waals surface area contributed by atoms with Crippen molar-refractivity contribution in [3.05, 3.63) is 95.7 Å². The summed E-state index contributed by atoms with van der Waals surface area (Å²) in [7, 11) is 0. The molecule has 94 valence electrons. The van der Waals surface area contributed by atoms with E-state index in [0.29, 0.717) is 0 Å². The van der Waals surface area contributed by atoms with Gasteiger partial charge in [-0.2, -0.15) is 0 Å². The lowest BCUT2D eigenvalue weighted by Gasteiger charge is -2.08. The van der Waals surface area contributed by atoms with Gasteiger partial charge in [-0.15, -0.1) is 5.73 Å². The van der Waals surface area contributed by atoms with E-state index < -0.39 is 0 Å². The maximum absolute atomic E-state index is 3.68. The quantitative estimate of drug-likeness (QED) is 0.656. The van der Waals surface area contributed by atoms with Crippen molar-refractivity contribution in [1.82, 2.24) is 0 Å². The molecule has 2 rings (SSSR count). The van der Waals surface area contributed by atoms with Crippen LogP contribution in [0.25, 0.3) is 6.08 Å². The van der Waals surface area contributed by atoms with Crippen molar-refractivity contribution in [2.45, 2.75) is 12.8 Å². The van der Waals surface area contributed by atoms with E-state index in [9.17, 15) is 0 Å². The predicted octanol–water partition coefficient (Wildman–Crippen LogP) is 5.13. The molecule has 0 heterocycles. The minimum atomic E-state index is 0.221. The van der Waals surface area contributed by atoms with E-state index in [0.717, 1.165) is 0 Å². The zero-order chi connectivity index (χ0) is 13.5. The first-order chi connectivity index (χ1) is 9.29. The summed E-state index contributed by atoms with van der Waals surface area (Å²) in [5.41, 5.74) is 6.63. The van der Waals surface area contributed by atoms with Gasteiger partial charge >= 0.3 is 0 Å². The molecule has 19 heavy (non-hydrogen) atoms. The van der Waals surface area contributed by atoms with E-state index in [4.69, 9.17) is 0 Å². The highest BCUT2D eigenvalue weighted by atomic mass is 14.1. The van der Waals surface area contributed by atoms with Gasteiger partial charge in [0.25, 0.3) is 0 Å². The second-order valence-electron chi connectivity index (χ2n) is 4.58. The highest BCUT2D eigenvalue weighted by molar-refractivity contribution is 5.51. The summed E-state index contributed by atoms with van der Waals surface area (Å²) < 4.78 is 0. The van der Waals surface area contributed by atoms with Gasteiger partial charge in [0.15, 0.2) is 0 Å². The molecule has 0 amide bonds. The number of aryl methyl sites for hydroxylation is 1. The van der Waals surface area contributed by atoms with E-state index in [1.807, 2.05) is 24.3 Å². The number of hydrogen-bond donors (Lipinski definition) is 0. The van der Waals surface area contributed by atoms with Crippen LogP contribution in [0.4, 0.5) is 0 Å². The number of benzene rings is 2. The SMILES string of the molecule is C=C=CC(C=Cc1ccccc1)c1ccc(C)cc1.